The molecule has 1 aromatic carbocycles. The normalized spacial score (nSPS) is 18.3. The summed E-state index contributed by atoms with van der Waals surface area (Å²) in [6.45, 7) is -0.599. The molecule has 2 rings (SSSR count). The first kappa shape index (κ1) is 13.8. The first-order chi connectivity index (χ1) is 9.20. The molecule has 2 amide bonds. The van der Waals surface area contributed by atoms with Crippen LogP contribution in [0.2, 0.25) is 0 Å². The summed E-state index contributed by atoms with van der Waals surface area (Å²) in [5.41, 5.74) is 1.92. The Morgan fingerprint density at radius 1 is 1.37 bits per heavy atom. The Bertz CT molecular complexity index is 451. The van der Waals surface area contributed by atoms with Crippen LogP contribution in [0.3, 0.4) is 0 Å². The number of hydrogen-bond acceptors (Lipinski definition) is 1. The second-order valence-electron chi connectivity index (χ2n) is 4.73. The number of carbonyl (C=O) groups excluding carboxylic acids is 1. The first-order valence-corrected chi connectivity index (χ1v) is 6.59. The van der Waals surface area contributed by atoms with Crippen molar-refractivity contribution in [2.24, 2.45) is 0 Å². The lowest BCUT2D eigenvalue weighted by Gasteiger charge is -2.19. The quantitative estimate of drug-likeness (QED) is 0.813. The fraction of sp³-hybridized carbons (Fsp3) is 0.500. The summed E-state index contributed by atoms with van der Waals surface area (Å²) < 4.78 is 25.4. The number of alkyl halides is 1. The zero-order valence-corrected chi connectivity index (χ0v) is 10.7. The number of rotatable bonds is 3. The van der Waals surface area contributed by atoms with Gasteiger partial charge in [0.2, 0.25) is 0 Å². The molecule has 1 aliphatic rings. The number of benzene rings is 1. The van der Waals surface area contributed by atoms with E-state index in [0.29, 0.717) is 0 Å². The van der Waals surface area contributed by atoms with Crippen molar-refractivity contribution in [1.82, 2.24) is 10.6 Å². The van der Waals surface area contributed by atoms with E-state index >= 15 is 0 Å². The molecule has 1 aliphatic carbocycles. The van der Waals surface area contributed by atoms with Crippen molar-refractivity contribution in [3.8, 4) is 0 Å². The molecule has 1 unspecified atom stereocenters. The van der Waals surface area contributed by atoms with Gasteiger partial charge in [0, 0.05) is 6.54 Å². The van der Waals surface area contributed by atoms with Crippen molar-refractivity contribution in [3.05, 3.63) is 35.1 Å². The third-order valence-electron chi connectivity index (χ3n) is 3.36. The largest absolute Gasteiger partial charge is 0.336 e. The van der Waals surface area contributed by atoms with E-state index in [1.54, 1.807) is 6.07 Å². The molecule has 104 valence electrons. The zero-order valence-electron chi connectivity index (χ0n) is 10.7. The van der Waals surface area contributed by atoms with Crippen LogP contribution in [0.25, 0.3) is 0 Å². The number of halogens is 2. The molecule has 0 bridgehead atoms. The van der Waals surface area contributed by atoms with Gasteiger partial charge in [-0.05, 0) is 42.5 Å². The molecule has 0 aromatic heterocycles. The summed E-state index contributed by atoms with van der Waals surface area (Å²) in [5, 5.41) is 5.22. The number of carbonyl (C=O) groups is 1. The second-order valence-corrected chi connectivity index (χ2v) is 4.73. The van der Waals surface area contributed by atoms with Crippen LogP contribution in [-0.4, -0.2) is 19.3 Å². The molecule has 19 heavy (non-hydrogen) atoms. The Hall–Kier alpha value is -1.65. The average molecular weight is 268 g/mol. The van der Waals surface area contributed by atoms with Crippen LogP contribution in [0.15, 0.2) is 18.2 Å². The molecule has 0 spiro atoms. The Balaban J connectivity index is 2.12. The van der Waals surface area contributed by atoms with Crippen molar-refractivity contribution < 1.29 is 13.6 Å². The van der Waals surface area contributed by atoms with Crippen molar-refractivity contribution >= 4 is 6.03 Å². The number of aryl methyl sites for hydroxylation is 1. The molecular weight excluding hydrogens is 250 g/mol. The molecule has 5 heteroatoms. The van der Waals surface area contributed by atoms with Crippen LogP contribution in [0.1, 0.15) is 36.4 Å². The summed E-state index contributed by atoms with van der Waals surface area (Å²) in [6.07, 6.45) is 3.69. The van der Waals surface area contributed by atoms with Gasteiger partial charge in [0.25, 0.3) is 0 Å². The van der Waals surface area contributed by atoms with Crippen molar-refractivity contribution in [2.75, 3.05) is 13.2 Å². The third kappa shape index (κ3) is 3.66. The topological polar surface area (TPSA) is 41.1 Å². The van der Waals surface area contributed by atoms with Gasteiger partial charge in [-0.3, -0.25) is 0 Å². The molecular formula is C14H18F2N2O. The minimum Gasteiger partial charge on any atom is -0.336 e. The highest BCUT2D eigenvalue weighted by Gasteiger charge is 2.20. The lowest BCUT2D eigenvalue weighted by atomic mass is 9.99. The van der Waals surface area contributed by atoms with E-state index in [0.717, 1.165) is 36.8 Å². The van der Waals surface area contributed by atoms with Gasteiger partial charge < -0.3 is 10.6 Å². The highest BCUT2D eigenvalue weighted by molar-refractivity contribution is 5.74. The Labute approximate surface area is 111 Å². The van der Waals surface area contributed by atoms with Gasteiger partial charge >= 0.3 is 6.03 Å². The van der Waals surface area contributed by atoms with Crippen LogP contribution >= 0.6 is 0 Å². The van der Waals surface area contributed by atoms with E-state index in [-0.39, 0.29) is 18.4 Å². The van der Waals surface area contributed by atoms with Crippen molar-refractivity contribution in [2.45, 2.75) is 31.7 Å². The van der Waals surface area contributed by atoms with Crippen LogP contribution in [0.4, 0.5) is 13.6 Å². The Morgan fingerprint density at radius 2 is 2.21 bits per heavy atom. The monoisotopic (exact) mass is 268 g/mol. The van der Waals surface area contributed by atoms with E-state index in [4.69, 9.17) is 0 Å². The molecule has 0 radical (unpaired) electrons. The van der Waals surface area contributed by atoms with E-state index in [9.17, 15) is 13.6 Å². The maximum absolute atomic E-state index is 13.4. The summed E-state index contributed by atoms with van der Waals surface area (Å²) >= 11 is 0. The molecule has 0 saturated heterocycles. The smallest absolute Gasteiger partial charge is 0.315 e. The number of fused-ring (bicyclic) bond motifs is 1. The summed E-state index contributed by atoms with van der Waals surface area (Å²) in [4.78, 5) is 11.6. The van der Waals surface area contributed by atoms with Gasteiger partial charge in [-0.25, -0.2) is 13.6 Å². The van der Waals surface area contributed by atoms with Crippen molar-refractivity contribution in [1.29, 1.82) is 0 Å². The van der Waals surface area contributed by atoms with Gasteiger partial charge in [-0.2, -0.15) is 0 Å². The Morgan fingerprint density at radius 3 is 3.00 bits per heavy atom. The minimum absolute atomic E-state index is 0.00540. The van der Waals surface area contributed by atoms with E-state index in [1.165, 1.54) is 12.1 Å². The second kappa shape index (κ2) is 6.50. The molecule has 0 fully saturated rings. The zero-order chi connectivity index (χ0) is 13.7. The highest BCUT2D eigenvalue weighted by Crippen LogP contribution is 2.29. The number of hydrogen-bond donors (Lipinski definition) is 2. The SMILES string of the molecule is O=C(NCCF)NC1CCCCc2ccc(F)cc21. The number of nitrogens with one attached hydrogen (secondary N) is 2. The molecule has 0 heterocycles. The molecule has 0 aliphatic heterocycles. The maximum atomic E-state index is 13.4. The van der Waals surface area contributed by atoms with Gasteiger partial charge in [-0.15, -0.1) is 0 Å². The fourth-order valence-electron chi connectivity index (χ4n) is 2.46. The lowest BCUT2D eigenvalue weighted by molar-refractivity contribution is 0.235. The number of urea groups is 1. The summed E-state index contributed by atoms with van der Waals surface area (Å²) in [5.74, 6) is -0.295. The average Bonchev–Trinajstić information content (AvgIpc) is 2.59. The van der Waals surface area contributed by atoms with Gasteiger partial charge in [0.15, 0.2) is 0 Å². The lowest BCUT2D eigenvalue weighted by Crippen LogP contribution is -2.39. The van der Waals surface area contributed by atoms with Gasteiger partial charge in [0.05, 0.1) is 6.04 Å². The molecule has 1 atom stereocenters. The molecule has 0 saturated carbocycles. The van der Waals surface area contributed by atoms with Crippen LogP contribution in [-0.2, 0) is 6.42 Å². The minimum atomic E-state index is -0.594. The summed E-state index contributed by atoms with van der Waals surface area (Å²) in [7, 11) is 0. The van der Waals surface area contributed by atoms with Crippen molar-refractivity contribution in [3.63, 3.8) is 0 Å². The van der Waals surface area contributed by atoms with E-state index in [2.05, 4.69) is 10.6 Å². The van der Waals surface area contributed by atoms with Crippen LogP contribution < -0.4 is 10.6 Å². The maximum Gasteiger partial charge on any atom is 0.315 e. The molecule has 2 N–H and O–H groups in total. The van der Waals surface area contributed by atoms with E-state index < -0.39 is 12.7 Å². The molecule has 1 aromatic rings. The van der Waals surface area contributed by atoms with Gasteiger partial charge in [-0.1, -0.05) is 12.5 Å². The molecule has 3 nitrogen and oxygen atoms in total. The van der Waals surface area contributed by atoms with E-state index in [1.807, 2.05) is 0 Å². The van der Waals surface area contributed by atoms with Gasteiger partial charge in [0.1, 0.15) is 12.5 Å². The third-order valence-corrected chi connectivity index (χ3v) is 3.36. The van der Waals surface area contributed by atoms with Crippen LogP contribution in [0.5, 0.6) is 0 Å². The summed E-state index contributed by atoms with van der Waals surface area (Å²) in [6, 6.07) is 4.11. The predicted octanol–water partition coefficient (Wildman–Crippen LogP) is 2.86. The predicted molar refractivity (Wildman–Crippen MR) is 69.2 cm³/mol. The standard InChI is InChI=1S/C14H18F2N2O/c15-7-8-17-14(19)18-13-4-2-1-3-10-5-6-11(16)9-12(10)13/h5-6,9,13H,1-4,7-8H2,(H2,17,18,19). The number of amides is 2. The fourth-order valence-corrected chi connectivity index (χ4v) is 2.46. The Kier molecular flexibility index (Phi) is 4.71. The first-order valence-electron chi connectivity index (χ1n) is 6.59. The highest BCUT2D eigenvalue weighted by atomic mass is 19.1. The van der Waals surface area contributed by atoms with Crippen LogP contribution in [0, 0.1) is 5.82 Å².